The summed E-state index contributed by atoms with van der Waals surface area (Å²) in [5.41, 5.74) is 0.502. The van der Waals surface area contributed by atoms with E-state index in [1.165, 1.54) is 12.1 Å². The molecule has 0 aliphatic rings. The van der Waals surface area contributed by atoms with E-state index in [-0.39, 0.29) is 11.4 Å². The SMILES string of the molecule is CC(OC(=O)CC=O)c1ccc(F)cc1Cl. The highest BCUT2D eigenvalue weighted by Crippen LogP contribution is 2.26. The number of halogens is 2. The van der Waals surface area contributed by atoms with Gasteiger partial charge in [-0.25, -0.2) is 4.39 Å². The van der Waals surface area contributed by atoms with Gasteiger partial charge in [-0.3, -0.25) is 4.79 Å². The highest BCUT2D eigenvalue weighted by molar-refractivity contribution is 6.31. The predicted octanol–water partition coefficient (Wildman–Crippen LogP) is 2.67. The lowest BCUT2D eigenvalue weighted by Crippen LogP contribution is -2.09. The number of aldehydes is 1. The van der Waals surface area contributed by atoms with Crippen LogP contribution in [-0.2, 0) is 14.3 Å². The molecule has 0 aliphatic carbocycles. The molecule has 16 heavy (non-hydrogen) atoms. The minimum Gasteiger partial charge on any atom is -0.457 e. The molecule has 3 nitrogen and oxygen atoms in total. The number of hydrogen-bond acceptors (Lipinski definition) is 3. The van der Waals surface area contributed by atoms with E-state index in [4.69, 9.17) is 16.3 Å². The number of carbonyl (C=O) groups is 2. The molecule has 0 amide bonds. The molecule has 0 bridgehead atoms. The predicted molar refractivity (Wildman–Crippen MR) is 56.6 cm³/mol. The smallest absolute Gasteiger partial charge is 0.313 e. The molecule has 1 aromatic rings. The Balaban J connectivity index is 2.76. The minimum atomic E-state index is -0.636. The van der Waals surface area contributed by atoms with E-state index in [2.05, 4.69) is 0 Å². The first-order chi connectivity index (χ1) is 7.54. The molecular formula is C11H10ClFO3. The second-order valence-corrected chi connectivity index (χ2v) is 3.58. The fourth-order valence-electron chi connectivity index (χ4n) is 1.21. The zero-order chi connectivity index (χ0) is 12.1. The first-order valence-corrected chi connectivity index (χ1v) is 5.00. The maximum absolute atomic E-state index is 12.8. The number of esters is 1. The van der Waals surface area contributed by atoms with Crippen molar-refractivity contribution >= 4 is 23.9 Å². The van der Waals surface area contributed by atoms with Crippen molar-refractivity contribution in [2.75, 3.05) is 0 Å². The Hall–Kier alpha value is -1.42. The van der Waals surface area contributed by atoms with Crippen molar-refractivity contribution in [3.8, 4) is 0 Å². The summed E-state index contributed by atoms with van der Waals surface area (Å²) in [6, 6.07) is 3.81. The monoisotopic (exact) mass is 244 g/mol. The molecule has 1 aromatic carbocycles. The van der Waals surface area contributed by atoms with E-state index in [0.717, 1.165) is 6.07 Å². The largest absolute Gasteiger partial charge is 0.457 e. The second-order valence-electron chi connectivity index (χ2n) is 3.17. The van der Waals surface area contributed by atoms with Crippen LogP contribution in [0.25, 0.3) is 0 Å². The molecule has 1 unspecified atom stereocenters. The van der Waals surface area contributed by atoms with Crippen molar-refractivity contribution < 1.29 is 18.7 Å². The standard InChI is InChI=1S/C11H10ClFO3/c1-7(16-11(15)4-5-14)9-3-2-8(13)6-10(9)12/h2-3,5-7H,4H2,1H3. The van der Waals surface area contributed by atoms with Crippen molar-refractivity contribution in [2.45, 2.75) is 19.4 Å². The highest BCUT2D eigenvalue weighted by atomic mass is 35.5. The van der Waals surface area contributed by atoms with Gasteiger partial charge in [-0.2, -0.15) is 0 Å². The maximum Gasteiger partial charge on any atom is 0.313 e. The molecule has 0 saturated carbocycles. The van der Waals surface area contributed by atoms with Gasteiger partial charge in [0.25, 0.3) is 0 Å². The number of carbonyl (C=O) groups excluding carboxylic acids is 2. The average Bonchev–Trinajstić information content (AvgIpc) is 2.17. The van der Waals surface area contributed by atoms with Gasteiger partial charge >= 0.3 is 5.97 Å². The molecule has 1 rings (SSSR count). The third kappa shape index (κ3) is 3.31. The van der Waals surface area contributed by atoms with Gasteiger partial charge in [-0.15, -0.1) is 0 Å². The van der Waals surface area contributed by atoms with Gasteiger partial charge in [-0.1, -0.05) is 17.7 Å². The fourth-order valence-corrected chi connectivity index (χ4v) is 1.53. The van der Waals surface area contributed by atoms with Crippen LogP contribution in [0.2, 0.25) is 5.02 Å². The van der Waals surface area contributed by atoms with Gasteiger partial charge < -0.3 is 9.53 Å². The number of benzene rings is 1. The van der Waals surface area contributed by atoms with Crippen LogP contribution in [0.3, 0.4) is 0 Å². The third-order valence-corrected chi connectivity index (χ3v) is 2.29. The molecule has 0 heterocycles. The van der Waals surface area contributed by atoms with Gasteiger partial charge in [0.15, 0.2) is 0 Å². The number of ether oxygens (including phenoxy) is 1. The normalized spacial score (nSPS) is 11.9. The highest BCUT2D eigenvalue weighted by Gasteiger charge is 2.14. The van der Waals surface area contributed by atoms with E-state index >= 15 is 0 Å². The molecule has 0 aromatic heterocycles. The average molecular weight is 245 g/mol. The van der Waals surface area contributed by atoms with Crippen molar-refractivity contribution in [1.29, 1.82) is 0 Å². The lowest BCUT2D eigenvalue weighted by molar-refractivity contribution is -0.149. The van der Waals surface area contributed by atoms with Crippen LogP contribution in [0, 0.1) is 5.82 Å². The Labute approximate surface area is 97.2 Å². The summed E-state index contributed by atoms with van der Waals surface area (Å²) in [5.74, 6) is -1.09. The summed E-state index contributed by atoms with van der Waals surface area (Å²) in [6.07, 6.45) is -0.453. The molecule has 0 N–H and O–H groups in total. The van der Waals surface area contributed by atoms with E-state index in [9.17, 15) is 14.0 Å². The van der Waals surface area contributed by atoms with Crippen LogP contribution >= 0.6 is 11.6 Å². The second kappa shape index (κ2) is 5.61. The molecule has 0 aliphatic heterocycles. The van der Waals surface area contributed by atoms with Crippen LogP contribution in [0.5, 0.6) is 0 Å². The molecule has 86 valence electrons. The van der Waals surface area contributed by atoms with Gasteiger partial charge in [-0.05, 0) is 19.1 Å². The van der Waals surface area contributed by atoms with Crippen LogP contribution in [-0.4, -0.2) is 12.3 Å². The fraction of sp³-hybridized carbons (Fsp3) is 0.273. The molecule has 0 radical (unpaired) electrons. The van der Waals surface area contributed by atoms with Gasteiger partial charge in [0.2, 0.25) is 0 Å². The van der Waals surface area contributed by atoms with E-state index in [1.54, 1.807) is 6.92 Å². The first kappa shape index (κ1) is 12.6. The molecular weight excluding hydrogens is 235 g/mol. The van der Waals surface area contributed by atoms with Crippen LogP contribution in [0.15, 0.2) is 18.2 Å². The molecule has 0 fully saturated rings. The minimum absolute atomic E-state index is 0.186. The Morgan fingerprint density at radius 2 is 2.31 bits per heavy atom. The van der Waals surface area contributed by atoms with Gasteiger partial charge in [0.05, 0.1) is 5.02 Å². The van der Waals surface area contributed by atoms with Crippen LogP contribution in [0.4, 0.5) is 4.39 Å². The van der Waals surface area contributed by atoms with Gasteiger partial charge in [0, 0.05) is 5.56 Å². The van der Waals surface area contributed by atoms with Gasteiger partial charge in [0.1, 0.15) is 24.6 Å². The Morgan fingerprint density at radius 1 is 1.62 bits per heavy atom. The van der Waals surface area contributed by atoms with E-state index in [0.29, 0.717) is 11.8 Å². The number of hydrogen-bond donors (Lipinski definition) is 0. The zero-order valence-electron chi connectivity index (χ0n) is 8.57. The van der Waals surface area contributed by atoms with E-state index < -0.39 is 17.9 Å². The zero-order valence-corrected chi connectivity index (χ0v) is 9.33. The lowest BCUT2D eigenvalue weighted by atomic mass is 10.1. The molecule has 1 atom stereocenters. The van der Waals surface area contributed by atoms with Crippen LogP contribution in [0.1, 0.15) is 25.0 Å². The molecule has 0 saturated heterocycles. The number of rotatable bonds is 4. The first-order valence-electron chi connectivity index (χ1n) is 4.62. The Kier molecular flexibility index (Phi) is 4.43. The Morgan fingerprint density at radius 3 is 2.88 bits per heavy atom. The maximum atomic E-state index is 12.8. The summed E-state index contributed by atoms with van der Waals surface area (Å²) in [4.78, 5) is 21.1. The molecule has 5 heteroatoms. The Bertz CT molecular complexity index is 406. The van der Waals surface area contributed by atoms with Crippen LogP contribution < -0.4 is 0 Å². The summed E-state index contributed by atoms with van der Waals surface area (Å²) < 4.78 is 17.7. The van der Waals surface area contributed by atoms with Crippen molar-refractivity contribution in [3.05, 3.63) is 34.6 Å². The summed E-state index contributed by atoms with van der Waals surface area (Å²) in [5, 5.41) is 0.186. The van der Waals surface area contributed by atoms with Crippen molar-refractivity contribution in [3.63, 3.8) is 0 Å². The van der Waals surface area contributed by atoms with Crippen molar-refractivity contribution in [2.24, 2.45) is 0 Å². The summed E-state index contributed by atoms with van der Waals surface area (Å²) >= 11 is 5.78. The summed E-state index contributed by atoms with van der Waals surface area (Å²) in [7, 11) is 0. The topological polar surface area (TPSA) is 43.4 Å². The third-order valence-electron chi connectivity index (χ3n) is 1.96. The summed E-state index contributed by atoms with van der Waals surface area (Å²) in [6.45, 7) is 1.60. The quantitative estimate of drug-likeness (QED) is 0.465. The lowest BCUT2D eigenvalue weighted by Gasteiger charge is -2.14. The van der Waals surface area contributed by atoms with E-state index in [1.807, 2.05) is 0 Å². The van der Waals surface area contributed by atoms with Crippen molar-refractivity contribution in [1.82, 2.24) is 0 Å². The molecule has 0 spiro atoms.